The highest BCUT2D eigenvalue weighted by Gasteiger charge is 2.34. The number of aliphatic carboxylic acids is 1. The summed E-state index contributed by atoms with van der Waals surface area (Å²) in [6.45, 7) is 3.18. The molecule has 0 aromatic rings. The molecular formula is C11H18F3NO3. The number of amides is 1. The van der Waals surface area contributed by atoms with Gasteiger partial charge in [-0.2, -0.15) is 13.2 Å². The molecule has 0 spiro atoms. The number of carbonyl (C=O) groups excluding carboxylic acids is 1. The predicted octanol–water partition coefficient (Wildman–Crippen LogP) is 2.29. The predicted molar refractivity (Wildman–Crippen MR) is 59.0 cm³/mol. The molecule has 106 valence electrons. The summed E-state index contributed by atoms with van der Waals surface area (Å²) in [5, 5.41) is 8.64. The van der Waals surface area contributed by atoms with Crippen molar-refractivity contribution >= 4 is 11.9 Å². The van der Waals surface area contributed by atoms with Crippen LogP contribution in [0.1, 0.15) is 33.6 Å². The lowest BCUT2D eigenvalue weighted by molar-refractivity contribution is -0.162. The zero-order valence-electron chi connectivity index (χ0n) is 10.7. The third-order valence-electron chi connectivity index (χ3n) is 2.36. The Labute approximate surface area is 104 Å². The minimum absolute atomic E-state index is 0.0541. The van der Waals surface area contributed by atoms with Crippen molar-refractivity contribution < 1.29 is 27.9 Å². The van der Waals surface area contributed by atoms with Crippen LogP contribution in [0.3, 0.4) is 0 Å². The lowest BCUT2D eigenvalue weighted by atomic mass is 9.85. The van der Waals surface area contributed by atoms with E-state index in [1.807, 2.05) is 0 Å². The van der Waals surface area contributed by atoms with Crippen LogP contribution < -0.4 is 0 Å². The highest BCUT2D eigenvalue weighted by molar-refractivity contribution is 5.78. The van der Waals surface area contributed by atoms with E-state index in [2.05, 4.69) is 0 Å². The van der Waals surface area contributed by atoms with E-state index in [4.69, 9.17) is 5.11 Å². The van der Waals surface area contributed by atoms with Crippen molar-refractivity contribution in [2.75, 3.05) is 13.1 Å². The fourth-order valence-electron chi connectivity index (χ4n) is 1.59. The average molecular weight is 269 g/mol. The first kappa shape index (κ1) is 16.7. The van der Waals surface area contributed by atoms with E-state index in [0.717, 1.165) is 0 Å². The summed E-state index contributed by atoms with van der Waals surface area (Å²) in [6, 6.07) is 0. The molecule has 0 aliphatic carbocycles. The first-order chi connectivity index (χ1) is 7.97. The lowest BCUT2D eigenvalue weighted by Crippen LogP contribution is -2.40. The van der Waals surface area contributed by atoms with Gasteiger partial charge in [0, 0.05) is 13.0 Å². The van der Waals surface area contributed by atoms with Crippen LogP contribution in [-0.2, 0) is 9.59 Å². The molecule has 0 rings (SSSR count). The normalized spacial score (nSPS) is 12.3. The molecule has 0 aliphatic heterocycles. The maximum Gasteiger partial charge on any atom is 0.406 e. The third-order valence-corrected chi connectivity index (χ3v) is 2.36. The number of carbonyl (C=O) groups is 2. The minimum atomic E-state index is -4.44. The summed E-state index contributed by atoms with van der Waals surface area (Å²) >= 11 is 0. The van der Waals surface area contributed by atoms with Gasteiger partial charge < -0.3 is 10.0 Å². The van der Waals surface area contributed by atoms with Crippen LogP contribution >= 0.6 is 0 Å². The van der Waals surface area contributed by atoms with Crippen LogP contribution in [0.5, 0.6) is 0 Å². The molecule has 1 amide bonds. The smallest absolute Gasteiger partial charge is 0.406 e. The number of hydrogen-bond donors (Lipinski definition) is 1. The van der Waals surface area contributed by atoms with Crippen LogP contribution in [0.2, 0.25) is 0 Å². The molecule has 0 heterocycles. The Morgan fingerprint density at radius 1 is 1.17 bits per heavy atom. The number of hydrogen-bond acceptors (Lipinski definition) is 2. The first-order valence-electron chi connectivity index (χ1n) is 5.53. The second-order valence-electron chi connectivity index (χ2n) is 4.93. The van der Waals surface area contributed by atoms with Gasteiger partial charge in [0.05, 0.1) is 6.42 Å². The SMILES string of the molecule is CCN(CC(F)(F)F)C(=O)CC(C)(C)CC(=O)O. The standard InChI is InChI=1S/C11H18F3NO3/c1-4-15(7-11(12,13)14)8(16)5-10(2,3)6-9(17)18/h4-7H2,1-3H3,(H,17,18). The molecule has 0 aliphatic rings. The van der Waals surface area contributed by atoms with E-state index in [9.17, 15) is 22.8 Å². The maximum atomic E-state index is 12.2. The molecule has 0 saturated heterocycles. The molecule has 0 unspecified atom stereocenters. The van der Waals surface area contributed by atoms with Crippen LogP contribution in [0, 0.1) is 5.41 Å². The van der Waals surface area contributed by atoms with Crippen molar-refractivity contribution in [2.45, 2.75) is 39.8 Å². The number of alkyl halides is 3. The topological polar surface area (TPSA) is 57.6 Å². The van der Waals surface area contributed by atoms with E-state index in [-0.39, 0.29) is 19.4 Å². The molecule has 7 heteroatoms. The maximum absolute atomic E-state index is 12.2. The van der Waals surface area contributed by atoms with Gasteiger partial charge in [-0.1, -0.05) is 13.8 Å². The molecule has 4 nitrogen and oxygen atoms in total. The second kappa shape index (κ2) is 6.06. The second-order valence-corrected chi connectivity index (χ2v) is 4.93. The van der Waals surface area contributed by atoms with Crippen molar-refractivity contribution in [2.24, 2.45) is 5.41 Å². The van der Waals surface area contributed by atoms with Gasteiger partial charge in [-0.05, 0) is 12.3 Å². The van der Waals surface area contributed by atoms with Gasteiger partial charge in [0.1, 0.15) is 6.54 Å². The highest BCUT2D eigenvalue weighted by atomic mass is 19.4. The lowest BCUT2D eigenvalue weighted by Gasteiger charge is -2.27. The zero-order valence-corrected chi connectivity index (χ0v) is 10.7. The number of nitrogens with zero attached hydrogens (tertiary/aromatic N) is 1. The molecule has 0 aromatic heterocycles. The first-order valence-corrected chi connectivity index (χ1v) is 5.53. The fourth-order valence-corrected chi connectivity index (χ4v) is 1.59. The van der Waals surface area contributed by atoms with Crippen molar-refractivity contribution in [3.8, 4) is 0 Å². The number of carboxylic acid groups (broad SMARTS) is 1. The number of rotatable bonds is 6. The average Bonchev–Trinajstić information content (AvgIpc) is 2.09. The Morgan fingerprint density at radius 3 is 2.00 bits per heavy atom. The van der Waals surface area contributed by atoms with Crippen molar-refractivity contribution in [3.63, 3.8) is 0 Å². The van der Waals surface area contributed by atoms with Gasteiger partial charge in [-0.25, -0.2) is 0 Å². The minimum Gasteiger partial charge on any atom is -0.481 e. The van der Waals surface area contributed by atoms with Gasteiger partial charge >= 0.3 is 12.1 Å². The van der Waals surface area contributed by atoms with Gasteiger partial charge in [0.25, 0.3) is 0 Å². The molecule has 0 aromatic carbocycles. The molecule has 18 heavy (non-hydrogen) atoms. The van der Waals surface area contributed by atoms with E-state index < -0.39 is 30.0 Å². The summed E-state index contributed by atoms with van der Waals surface area (Å²) in [5.41, 5.74) is -0.859. The van der Waals surface area contributed by atoms with Crippen molar-refractivity contribution in [1.82, 2.24) is 4.90 Å². The van der Waals surface area contributed by atoms with Crippen LogP contribution in [0.15, 0.2) is 0 Å². The summed E-state index contributed by atoms with van der Waals surface area (Å²) < 4.78 is 36.6. The Kier molecular flexibility index (Phi) is 5.63. The molecule has 0 atom stereocenters. The van der Waals surface area contributed by atoms with Crippen LogP contribution in [0.25, 0.3) is 0 Å². The van der Waals surface area contributed by atoms with Gasteiger partial charge in [0.2, 0.25) is 5.91 Å². The Morgan fingerprint density at radius 2 is 1.67 bits per heavy atom. The zero-order chi connectivity index (χ0) is 14.6. The molecule has 0 radical (unpaired) electrons. The summed E-state index contributed by atoms with van der Waals surface area (Å²) in [4.78, 5) is 22.9. The van der Waals surface area contributed by atoms with Gasteiger partial charge in [-0.15, -0.1) is 0 Å². The molecule has 0 saturated carbocycles. The van der Waals surface area contributed by atoms with Crippen molar-refractivity contribution in [3.05, 3.63) is 0 Å². The van der Waals surface area contributed by atoms with Crippen LogP contribution in [0.4, 0.5) is 13.2 Å². The molecule has 0 fully saturated rings. The number of carboxylic acids is 1. The van der Waals surface area contributed by atoms with Crippen LogP contribution in [-0.4, -0.2) is 41.1 Å². The molecule has 1 N–H and O–H groups in total. The Bertz CT molecular complexity index is 313. The van der Waals surface area contributed by atoms with E-state index in [1.165, 1.54) is 6.92 Å². The quantitative estimate of drug-likeness (QED) is 0.804. The summed E-state index contributed by atoms with van der Waals surface area (Å²) in [7, 11) is 0. The van der Waals surface area contributed by atoms with Crippen molar-refractivity contribution in [1.29, 1.82) is 0 Å². The fraction of sp³-hybridized carbons (Fsp3) is 0.818. The van der Waals surface area contributed by atoms with E-state index in [1.54, 1.807) is 13.8 Å². The largest absolute Gasteiger partial charge is 0.481 e. The third kappa shape index (κ3) is 7.13. The molecule has 0 bridgehead atoms. The van der Waals surface area contributed by atoms with Gasteiger partial charge in [0.15, 0.2) is 0 Å². The highest BCUT2D eigenvalue weighted by Crippen LogP contribution is 2.27. The van der Waals surface area contributed by atoms with E-state index in [0.29, 0.717) is 4.90 Å². The Hall–Kier alpha value is -1.27. The molecular weight excluding hydrogens is 251 g/mol. The Balaban J connectivity index is 4.57. The summed E-state index contributed by atoms with van der Waals surface area (Å²) in [6.07, 6.45) is -4.92. The van der Waals surface area contributed by atoms with E-state index >= 15 is 0 Å². The van der Waals surface area contributed by atoms with Gasteiger partial charge in [-0.3, -0.25) is 9.59 Å². The summed E-state index contributed by atoms with van der Waals surface area (Å²) in [5.74, 6) is -1.76. The monoisotopic (exact) mass is 269 g/mol. The number of halogens is 3.